The first kappa shape index (κ1) is 14.5. The summed E-state index contributed by atoms with van der Waals surface area (Å²) in [6.45, 7) is 3.97. The first-order valence-corrected chi connectivity index (χ1v) is 6.89. The fourth-order valence-corrected chi connectivity index (χ4v) is 2.08. The molecule has 0 amide bonds. The number of hydrogen-bond acceptors (Lipinski definition) is 2. The van der Waals surface area contributed by atoms with Gasteiger partial charge < -0.3 is 10.5 Å². The van der Waals surface area contributed by atoms with Crippen LogP contribution in [0.15, 0.2) is 42.5 Å². The quantitative estimate of drug-likeness (QED) is 0.891. The van der Waals surface area contributed by atoms with Crippen LogP contribution in [0.5, 0.6) is 11.5 Å². The van der Waals surface area contributed by atoms with E-state index in [1.807, 2.05) is 37.3 Å². The summed E-state index contributed by atoms with van der Waals surface area (Å²) in [5.41, 5.74) is 7.76. The van der Waals surface area contributed by atoms with Crippen molar-refractivity contribution in [3.8, 4) is 11.5 Å². The second kappa shape index (κ2) is 6.53. The zero-order chi connectivity index (χ0) is 14.5. The minimum atomic E-state index is -0.356. The summed E-state index contributed by atoms with van der Waals surface area (Å²) >= 11 is 0. The van der Waals surface area contributed by atoms with E-state index in [0.29, 0.717) is 12.2 Å². The van der Waals surface area contributed by atoms with Gasteiger partial charge in [-0.05, 0) is 55.2 Å². The fourth-order valence-electron chi connectivity index (χ4n) is 2.08. The van der Waals surface area contributed by atoms with Crippen molar-refractivity contribution in [2.75, 3.05) is 0 Å². The summed E-state index contributed by atoms with van der Waals surface area (Å²) in [4.78, 5) is 0. The van der Waals surface area contributed by atoms with E-state index in [2.05, 4.69) is 6.92 Å². The van der Waals surface area contributed by atoms with Crippen LogP contribution in [0.3, 0.4) is 0 Å². The largest absolute Gasteiger partial charge is 0.454 e. The molecule has 3 heteroatoms. The molecule has 0 bridgehead atoms. The lowest BCUT2D eigenvalue weighted by Crippen LogP contribution is -2.17. The van der Waals surface area contributed by atoms with Gasteiger partial charge >= 0.3 is 0 Å². The minimum absolute atomic E-state index is 0.0161. The third-order valence-corrected chi connectivity index (χ3v) is 3.09. The maximum atomic E-state index is 14.0. The van der Waals surface area contributed by atoms with Gasteiger partial charge in [0, 0.05) is 6.04 Å². The Labute approximate surface area is 119 Å². The second-order valence-electron chi connectivity index (χ2n) is 5.05. The highest BCUT2D eigenvalue weighted by Crippen LogP contribution is 2.26. The topological polar surface area (TPSA) is 35.2 Å². The Morgan fingerprint density at radius 3 is 2.60 bits per heavy atom. The van der Waals surface area contributed by atoms with Gasteiger partial charge in [-0.25, -0.2) is 4.39 Å². The molecule has 2 N–H and O–H groups in total. The molecule has 20 heavy (non-hydrogen) atoms. The third-order valence-electron chi connectivity index (χ3n) is 3.09. The van der Waals surface area contributed by atoms with Gasteiger partial charge in [0.05, 0.1) is 0 Å². The van der Waals surface area contributed by atoms with Gasteiger partial charge in [-0.1, -0.05) is 25.1 Å². The van der Waals surface area contributed by atoms with E-state index in [9.17, 15) is 4.39 Å². The highest BCUT2D eigenvalue weighted by atomic mass is 19.1. The molecule has 0 aliphatic carbocycles. The molecular weight excluding hydrogens is 253 g/mol. The van der Waals surface area contributed by atoms with Crippen LogP contribution in [0.1, 0.15) is 25.0 Å². The number of nitrogens with two attached hydrogens (primary N) is 1. The highest BCUT2D eigenvalue weighted by molar-refractivity contribution is 5.36. The van der Waals surface area contributed by atoms with E-state index in [-0.39, 0.29) is 17.6 Å². The fraction of sp³-hybridized carbons (Fsp3) is 0.294. The Morgan fingerprint density at radius 1 is 1.15 bits per heavy atom. The molecule has 1 atom stereocenters. The lowest BCUT2D eigenvalue weighted by atomic mass is 10.1. The van der Waals surface area contributed by atoms with Gasteiger partial charge in [-0.2, -0.15) is 0 Å². The summed E-state index contributed by atoms with van der Waals surface area (Å²) in [6, 6.07) is 12.7. The Kier molecular flexibility index (Phi) is 4.74. The normalized spacial score (nSPS) is 12.2. The summed E-state index contributed by atoms with van der Waals surface area (Å²) in [5, 5.41) is 0. The zero-order valence-electron chi connectivity index (χ0n) is 11.9. The Morgan fingerprint density at radius 2 is 1.95 bits per heavy atom. The lowest BCUT2D eigenvalue weighted by Gasteiger charge is -2.10. The van der Waals surface area contributed by atoms with Crippen molar-refractivity contribution < 1.29 is 9.13 Å². The molecule has 0 aliphatic rings. The molecule has 0 aromatic heterocycles. The van der Waals surface area contributed by atoms with Crippen LogP contribution < -0.4 is 10.5 Å². The lowest BCUT2D eigenvalue weighted by molar-refractivity contribution is 0.441. The van der Waals surface area contributed by atoms with E-state index in [0.717, 1.165) is 17.5 Å². The van der Waals surface area contributed by atoms with Crippen molar-refractivity contribution in [3.05, 3.63) is 59.4 Å². The van der Waals surface area contributed by atoms with E-state index >= 15 is 0 Å². The predicted molar refractivity (Wildman–Crippen MR) is 79.6 cm³/mol. The van der Waals surface area contributed by atoms with Crippen molar-refractivity contribution in [2.24, 2.45) is 5.73 Å². The van der Waals surface area contributed by atoms with E-state index in [1.54, 1.807) is 6.07 Å². The SMILES string of the molecule is CCc1cccc(Oc2ccc(CC(C)N)cc2F)c1. The van der Waals surface area contributed by atoms with Gasteiger partial charge in [-0.3, -0.25) is 0 Å². The van der Waals surface area contributed by atoms with Crippen LogP contribution in [0.2, 0.25) is 0 Å². The molecule has 1 unspecified atom stereocenters. The highest BCUT2D eigenvalue weighted by Gasteiger charge is 2.07. The van der Waals surface area contributed by atoms with Gasteiger partial charge in [-0.15, -0.1) is 0 Å². The standard InChI is InChI=1S/C17H20FNO/c1-3-13-5-4-6-15(10-13)20-17-8-7-14(9-12(2)19)11-16(17)18/h4-8,10-12H,3,9,19H2,1-2H3. The number of ether oxygens (including phenoxy) is 1. The second-order valence-corrected chi connectivity index (χ2v) is 5.05. The van der Waals surface area contributed by atoms with Crippen molar-refractivity contribution in [1.82, 2.24) is 0 Å². The van der Waals surface area contributed by atoms with Gasteiger partial charge in [0.1, 0.15) is 5.75 Å². The van der Waals surface area contributed by atoms with Crippen LogP contribution in [-0.4, -0.2) is 6.04 Å². The number of halogens is 1. The molecule has 0 fully saturated rings. The van der Waals surface area contributed by atoms with Crippen molar-refractivity contribution in [2.45, 2.75) is 32.7 Å². The molecule has 0 aliphatic heterocycles. The molecule has 0 saturated carbocycles. The Hall–Kier alpha value is -1.87. The van der Waals surface area contributed by atoms with Crippen LogP contribution in [-0.2, 0) is 12.8 Å². The van der Waals surface area contributed by atoms with E-state index in [4.69, 9.17) is 10.5 Å². The molecule has 0 spiro atoms. The Bertz CT molecular complexity index is 581. The molecule has 2 nitrogen and oxygen atoms in total. The van der Waals surface area contributed by atoms with Gasteiger partial charge in [0.2, 0.25) is 0 Å². The first-order chi connectivity index (χ1) is 9.58. The predicted octanol–water partition coefficient (Wildman–Crippen LogP) is 4.07. The average molecular weight is 273 g/mol. The van der Waals surface area contributed by atoms with Crippen LogP contribution in [0.4, 0.5) is 4.39 Å². The molecule has 0 heterocycles. The zero-order valence-corrected chi connectivity index (χ0v) is 11.9. The van der Waals surface area contributed by atoms with Gasteiger partial charge in [0.25, 0.3) is 0 Å². The van der Waals surface area contributed by atoms with Crippen molar-refractivity contribution in [3.63, 3.8) is 0 Å². The molecule has 2 aromatic rings. The van der Waals surface area contributed by atoms with E-state index < -0.39 is 0 Å². The molecule has 2 aromatic carbocycles. The maximum absolute atomic E-state index is 14.0. The number of aryl methyl sites for hydroxylation is 1. The van der Waals surface area contributed by atoms with Crippen molar-refractivity contribution in [1.29, 1.82) is 0 Å². The van der Waals surface area contributed by atoms with Crippen LogP contribution in [0.25, 0.3) is 0 Å². The third kappa shape index (κ3) is 3.81. The molecule has 0 saturated heterocycles. The molecule has 106 valence electrons. The number of benzene rings is 2. The average Bonchev–Trinajstić information content (AvgIpc) is 2.41. The monoisotopic (exact) mass is 273 g/mol. The summed E-state index contributed by atoms with van der Waals surface area (Å²) in [5.74, 6) is 0.542. The Balaban J connectivity index is 2.16. The molecular formula is C17H20FNO. The van der Waals surface area contributed by atoms with E-state index in [1.165, 1.54) is 6.07 Å². The maximum Gasteiger partial charge on any atom is 0.165 e. The summed E-state index contributed by atoms with van der Waals surface area (Å²) < 4.78 is 19.6. The minimum Gasteiger partial charge on any atom is -0.454 e. The number of rotatable bonds is 5. The molecule has 0 radical (unpaired) electrons. The summed E-state index contributed by atoms with van der Waals surface area (Å²) in [6.07, 6.45) is 1.58. The smallest absolute Gasteiger partial charge is 0.165 e. The van der Waals surface area contributed by atoms with Crippen LogP contribution in [0, 0.1) is 5.82 Å². The first-order valence-electron chi connectivity index (χ1n) is 6.89. The molecule has 2 rings (SSSR count). The number of hydrogen-bond donors (Lipinski definition) is 1. The van der Waals surface area contributed by atoms with Crippen molar-refractivity contribution >= 4 is 0 Å². The summed E-state index contributed by atoms with van der Waals surface area (Å²) in [7, 11) is 0. The van der Waals surface area contributed by atoms with Crippen LogP contribution >= 0.6 is 0 Å². The van der Waals surface area contributed by atoms with Gasteiger partial charge in [0.15, 0.2) is 11.6 Å².